The lowest BCUT2D eigenvalue weighted by Crippen LogP contribution is -2.48. The third kappa shape index (κ3) is 4.81. The van der Waals surface area contributed by atoms with Gasteiger partial charge in [-0.25, -0.2) is 4.39 Å². The topological polar surface area (TPSA) is 15.3 Å². The SMILES string of the molecule is CC(C)(C)[C@H](c1cc(C(F)(F)F)ccc1F)N1CCNCC1.Cl. The first-order valence-corrected chi connectivity index (χ1v) is 7.42. The number of piperazine rings is 1. The van der Waals surface area contributed by atoms with Crippen LogP contribution in [0.3, 0.4) is 0 Å². The second-order valence-corrected chi connectivity index (χ2v) is 6.79. The van der Waals surface area contributed by atoms with Crippen molar-refractivity contribution in [3.05, 3.63) is 35.1 Å². The van der Waals surface area contributed by atoms with Gasteiger partial charge in [0.2, 0.25) is 0 Å². The largest absolute Gasteiger partial charge is 0.416 e. The molecule has 0 aliphatic carbocycles. The molecule has 0 radical (unpaired) electrons. The Morgan fingerprint density at radius 3 is 2.13 bits per heavy atom. The minimum absolute atomic E-state index is 0. The molecule has 1 N–H and O–H groups in total. The molecule has 1 aromatic rings. The van der Waals surface area contributed by atoms with Crippen molar-refractivity contribution in [2.45, 2.75) is 33.0 Å². The summed E-state index contributed by atoms with van der Waals surface area (Å²) in [5, 5.41) is 3.21. The molecule has 0 saturated carbocycles. The zero-order valence-corrected chi connectivity index (χ0v) is 14.3. The summed E-state index contributed by atoms with van der Waals surface area (Å²) in [6, 6.07) is 2.31. The van der Waals surface area contributed by atoms with Crippen LogP contribution in [0.25, 0.3) is 0 Å². The highest BCUT2D eigenvalue weighted by atomic mass is 35.5. The minimum Gasteiger partial charge on any atom is -0.314 e. The lowest BCUT2D eigenvalue weighted by atomic mass is 9.80. The fraction of sp³-hybridized carbons (Fsp3) is 0.625. The molecule has 0 amide bonds. The van der Waals surface area contributed by atoms with E-state index < -0.39 is 23.6 Å². The molecule has 1 heterocycles. The molecule has 1 aromatic carbocycles. The Morgan fingerprint density at radius 1 is 1.09 bits per heavy atom. The summed E-state index contributed by atoms with van der Waals surface area (Å²) >= 11 is 0. The first kappa shape index (κ1) is 20.2. The van der Waals surface area contributed by atoms with Crippen molar-refractivity contribution in [2.24, 2.45) is 5.41 Å². The summed E-state index contributed by atoms with van der Waals surface area (Å²) in [4.78, 5) is 2.06. The molecule has 2 rings (SSSR count). The normalized spacial score (nSPS) is 18.4. The second-order valence-electron chi connectivity index (χ2n) is 6.79. The van der Waals surface area contributed by atoms with E-state index in [1.807, 2.05) is 20.8 Å². The maximum Gasteiger partial charge on any atom is 0.416 e. The van der Waals surface area contributed by atoms with Crippen LogP contribution in [0.5, 0.6) is 0 Å². The van der Waals surface area contributed by atoms with Gasteiger partial charge in [0, 0.05) is 37.8 Å². The van der Waals surface area contributed by atoms with Crippen LogP contribution in [0.4, 0.5) is 17.6 Å². The Bertz CT molecular complexity index is 520. The molecule has 1 aliphatic rings. The quantitative estimate of drug-likeness (QED) is 0.798. The fourth-order valence-electron chi connectivity index (χ4n) is 3.08. The molecule has 0 unspecified atom stereocenters. The van der Waals surface area contributed by atoms with Gasteiger partial charge in [-0.3, -0.25) is 4.90 Å². The van der Waals surface area contributed by atoms with Crippen molar-refractivity contribution >= 4 is 12.4 Å². The summed E-state index contributed by atoms with van der Waals surface area (Å²) in [7, 11) is 0. The van der Waals surface area contributed by atoms with E-state index in [1.54, 1.807) is 0 Å². The summed E-state index contributed by atoms with van der Waals surface area (Å²) in [5.41, 5.74) is -1.04. The van der Waals surface area contributed by atoms with Gasteiger partial charge in [0.25, 0.3) is 0 Å². The van der Waals surface area contributed by atoms with Crippen LogP contribution in [-0.2, 0) is 6.18 Å². The van der Waals surface area contributed by atoms with E-state index >= 15 is 0 Å². The highest BCUT2D eigenvalue weighted by molar-refractivity contribution is 5.85. The maximum atomic E-state index is 14.3. The van der Waals surface area contributed by atoms with Crippen molar-refractivity contribution in [3.63, 3.8) is 0 Å². The Labute approximate surface area is 140 Å². The van der Waals surface area contributed by atoms with Gasteiger partial charge in [-0.05, 0) is 23.6 Å². The average molecular weight is 355 g/mol. The van der Waals surface area contributed by atoms with Crippen molar-refractivity contribution < 1.29 is 17.6 Å². The molecule has 132 valence electrons. The van der Waals surface area contributed by atoms with Gasteiger partial charge in [0.05, 0.1) is 5.56 Å². The van der Waals surface area contributed by atoms with Gasteiger partial charge in [0.1, 0.15) is 5.82 Å². The first-order chi connectivity index (χ1) is 10.1. The Morgan fingerprint density at radius 2 is 1.65 bits per heavy atom. The van der Waals surface area contributed by atoms with Gasteiger partial charge in [-0.1, -0.05) is 20.8 Å². The summed E-state index contributed by atoms with van der Waals surface area (Å²) < 4.78 is 53.2. The van der Waals surface area contributed by atoms with Crippen LogP contribution in [0, 0.1) is 11.2 Å². The highest BCUT2D eigenvalue weighted by Crippen LogP contribution is 2.41. The van der Waals surface area contributed by atoms with E-state index in [0.29, 0.717) is 13.1 Å². The second kappa shape index (κ2) is 7.36. The zero-order valence-electron chi connectivity index (χ0n) is 13.5. The molecule has 7 heteroatoms. The number of halogens is 5. The van der Waals surface area contributed by atoms with Gasteiger partial charge in [0.15, 0.2) is 0 Å². The minimum atomic E-state index is -4.46. The Balaban J connectivity index is 0.00000264. The molecule has 23 heavy (non-hydrogen) atoms. The lowest BCUT2D eigenvalue weighted by Gasteiger charge is -2.42. The summed E-state index contributed by atoms with van der Waals surface area (Å²) in [6.07, 6.45) is -4.46. The smallest absolute Gasteiger partial charge is 0.314 e. The van der Waals surface area contributed by atoms with E-state index in [-0.39, 0.29) is 23.4 Å². The Kier molecular flexibility index (Phi) is 6.47. The van der Waals surface area contributed by atoms with Crippen LogP contribution >= 0.6 is 12.4 Å². The number of alkyl halides is 3. The van der Waals surface area contributed by atoms with E-state index in [9.17, 15) is 17.6 Å². The van der Waals surface area contributed by atoms with E-state index in [0.717, 1.165) is 31.3 Å². The summed E-state index contributed by atoms with van der Waals surface area (Å²) in [6.45, 7) is 8.69. The van der Waals surface area contributed by atoms with Gasteiger partial charge < -0.3 is 5.32 Å². The van der Waals surface area contributed by atoms with Crippen LogP contribution in [0.1, 0.15) is 37.9 Å². The maximum absolute atomic E-state index is 14.3. The molecular formula is C16H23ClF4N2. The van der Waals surface area contributed by atoms with E-state index in [1.165, 1.54) is 0 Å². The van der Waals surface area contributed by atoms with Crippen molar-refractivity contribution in [3.8, 4) is 0 Å². The van der Waals surface area contributed by atoms with Crippen molar-refractivity contribution in [1.29, 1.82) is 0 Å². The van der Waals surface area contributed by atoms with Crippen LogP contribution in [0.2, 0.25) is 0 Å². The standard InChI is InChI=1S/C16H22F4N2.ClH/c1-15(2,3)14(22-8-6-21-7-9-22)12-10-11(16(18,19)20)4-5-13(12)17;/h4-5,10,14,21H,6-9H2,1-3H3;1H/t14-;/m0./s1. The first-order valence-electron chi connectivity index (χ1n) is 7.42. The van der Waals surface area contributed by atoms with Crippen LogP contribution in [-0.4, -0.2) is 31.1 Å². The fourth-order valence-corrected chi connectivity index (χ4v) is 3.08. The molecule has 1 fully saturated rings. The number of hydrogen-bond acceptors (Lipinski definition) is 2. The molecule has 1 saturated heterocycles. The van der Waals surface area contributed by atoms with E-state index in [4.69, 9.17) is 0 Å². The zero-order chi connectivity index (χ0) is 16.5. The third-order valence-electron chi connectivity index (χ3n) is 3.95. The van der Waals surface area contributed by atoms with E-state index in [2.05, 4.69) is 10.2 Å². The van der Waals surface area contributed by atoms with Crippen LogP contribution < -0.4 is 5.32 Å². The van der Waals surface area contributed by atoms with Gasteiger partial charge in [-0.2, -0.15) is 13.2 Å². The number of nitrogens with zero attached hydrogens (tertiary/aromatic N) is 1. The van der Waals surface area contributed by atoms with Crippen molar-refractivity contribution in [1.82, 2.24) is 10.2 Å². The average Bonchev–Trinajstić information content (AvgIpc) is 2.39. The molecule has 2 nitrogen and oxygen atoms in total. The number of nitrogens with one attached hydrogen (secondary N) is 1. The predicted octanol–water partition coefficient (Wildman–Crippen LogP) is 4.26. The molecular weight excluding hydrogens is 332 g/mol. The third-order valence-corrected chi connectivity index (χ3v) is 3.95. The monoisotopic (exact) mass is 354 g/mol. The molecule has 0 bridgehead atoms. The highest BCUT2D eigenvalue weighted by Gasteiger charge is 2.37. The number of hydrogen-bond donors (Lipinski definition) is 1. The Hall–Kier alpha value is -0.850. The molecule has 0 spiro atoms. The van der Waals surface area contributed by atoms with Crippen molar-refractivity contribution in [2.75, 3.05) is 26.2 Å². The predicted molar refractivity (Wildman–Crippen MR) is 85.3 cm³/mol. The number of benzene rings is 1. The van der Waals surface area contributed by atoms with Gasteiger partial charge in [-0.15, -0.1) is 12.4 Å². The molecule has 1 atom stereocenters. The molecule has 0 aromatic heterocycles. The summed E-state index contributed by atoms with van der Waals surface area (Å²) in [5.74, 6) is -0.577. The van der Waals surface area contributed by atoms with Gasteiger partial charge >= 0.3 is 6.18 Å². The van der Waals surface area contributed by atoms with Crippen LogP contribution in [0.15, 0.2) is 18.2 Å². The molecule has 1 aliphatic heterocycles. The number of rotatable bonds is 2. The lowest BCUT2D eigenvalue weighted by molar-refractivity contribution is -0.137.